The molecule has 0 aliphatic carbocycles. The Hall–Kier alpha value is -2.48. The maximum atomic E-state index is 13.0. The second kappa shape index (κ2) is 10.0. The van der Waals surface area contributed by atoms with Gasteiger partial charge in [-0.3, -0.25) is 0 Å². The Morgan fingerprint density at radius 2 is 1.97 bits per heavy atom. The standard InChI is InChI=1S/C22H30N4O3S/c1-6-12-28-17-10-8-16(9-11-17)19-18(20(27)29-14(3)4)15(5)23-21-24-22(25-26(19)21)30-13-7-2/h8-11,14,19H,6-7,12-13H2,1-5H3,(H,23,24,25). The van der Waals surface area contributed by atoms with Crippen molar-refractivity contribution in [2.24, 2.45) is 0 Å². The molecule has 2 aromatic rings. The lowest BCUT2D eigenvalue weighted by molar-refractivity contribution is -0.143. The van der Waals surface area contributed by atoms with Crippen LogP contribution in [0.1, 0.15) is 59.1 Å². The number of hydrogen-bond donors (Lipinski definition) is 1. The summed E-state index contributed by atoms with van der Waals surface area (Å²) in [6.45, 7) is 10.4. The van der Waals surface area contributed by atoms with Gasteiger partial charge >= 0.3 is 5.97 Å². The van der Waals surface area contributed by atoms with Gasteiger partial charge in [-0.05, 0) is 51.3 Å². The average Bonchev–Trinajstić information content (AvgIpc) is 3.11. The van der Waals surface area contributed by atoms with E-state index in [0.717, 1.165) is 35.6 Å². The zero-order valence-electron chi connectivity index (χ0n) is 18.3. The average molecular weight is 431 g/mol. The van der Waals surface area contributed by atoms with Gasteiger partial charge in [0, 0.05) is 11.4 Å². The number of anilines is 1. The first kappa shape index (κ1) is 22.2. The molecule has 0 spiro atoms. The summed E-state index contributed by atoms with van der Waals surface area (Å²) < 4.78 is 13.0. The van der Waals surface area contributed by atoms with Gasteiger partial charge in [0.15, 0.2) is 0 Å². The lowest BCUT2D eigenvalue weighted by Gasteiger charge is -2.28. The van der Waals surface area contributed by atoms with E-state index in [4.69, 9.17) is 14.6 Å². The van der Waals surface area contributed by atoms with Gasteiger partial charge < -0.3 is 14.8 Å². The third-order valence-corrected chi connectivity index (χ3v) is 5.54. The molecule has 2 heterocycles. The molecule has 0 radical (unpaired) electrons. The number of rotatable bonds is 9. The van der Waals surface area contributed by atoms with Gasteiger partial charge in [0.1, 0.15) is 11.8 Å². The van der Waals surface area contributed by atoms with Crippen LogP contribution in [0.25, 0.3) is 0 Å². The molecule has 8 heteroatoms. The predicted octanol–water partition coefficient (Wildman–Crippen LogP) is 4.81. The van der Waals surface area contributed by atoms with Crippen LogP contribution in [-0.4, -0.2) is 39.2 Å². The first-order chi connectivity index (χ1) is 14.4. The topological polar surface area (TPSA) is 78.3 Å². The van der Waals surface area contributed by atoms with Crippen molar-refractivity contribution in [3.8, 4) is 5.75 Å². The maximum absolute atomic E-state index is 13.0. The number of thioether (sulfide) groups is 1. The Balaban J connectivity index is 2.01. The van der Waals surface area contributed by atoms with Gasteiger partial charge in [-0.25, -0.2) is 9.48 Å². The zero-order valence-corrected chi connectivity index (χ0v) is 19.1. The Labute approximate surface area is 182 Å². The predicted molar refractivity (Wildman–Crippen MR) is 119 cm³/mol. The van der Waals surface area contributed by atoms with Crippen LogP contribution in [0.4, 0.5) is 5.95 Å². The molecule has 1 aromatic heterocycles. The molecule has 0 saturated carbocycles. The SMILES string of the molecule is CCCOc1ccc(C2C(C(=O)OC(C)C)=C(C)Nc3nc(SCCC)nn32)cc1. The molecule has 1 aliphatic rings. The zero-order chi connectivity index (χ0) is 21.7. The molecule has 162 valence electrons. The molecule has 0 bridgehead atoms. The summed E-state index contributed by atoms with van der Waals surface area (Å²) in [6.07, 6.45) is 1.77. The number of nitrogens with zero attached hydrogens (tertiary/aromatic N) is 3. The number of esters is 1. The number of hydrogen-bond acceptors (Lipinski definition) is 7. The van der Waals surface area contributed by atoms with Crippen molar-refractivity contribution in [3.05, 3.63) is 41.1 Å². The monoisotopic (exact) mass is 430 g/mol. The summed E-state index contributed by atoms with van der Waals surface area (Å²) in [6, 6.07) is 7.38. The number of nitrogens with one attached hydrogen (secondary N) is 1. The van der Waals surface area contributed by atoms with E-state index in [1.807, 2.05) is 45.0 Å². The molecule has 1 N–H and O–H groups in total. The van der Waals surface area contributed by atoms with Gasteiger partial charge in [0.25, 0.3) is 0 Å². The van der Waals surface area contributed by atoms with Crippen molar-refractivity contribution < 1.29 is 14.3 Å². The number of allylic oxidation sites excluding steroid dienone is 1. The van der Waals surface area contributed by atoms with Crippen LogP contribution in [-0.2, 0) is 9.53 Å². The van der Waals surface area contributed by atoms with E-state index in [1.54, 1.807) is 16.4 Å². The second-order valence-electron chi connectivity index (χ2n) is 7.45. The number of ether oxygens (including phenoxy) is 2. The molecule has 1 atom stereocenters. The number of aromatic nitrogens is 3. The number of carbonyl (C=O) groups is 1. The van der Waals surface area contributed by atoms with Gasteiger partial charge in [-0.15, -0.1) is 5.10 Å². The first-order valence-electron chi connectivity index (χ1n) is 10.4. The van der Waals surface area contributed by atoms with E-state index in [2.05, 4.69) is 24.1 Å². The molecule has 3 rings (SSSR count). The van der Waals surface area contributed by atoms with Crippen molar-refractivity contribution in [2.75, 3.05) is 17.7 Å². The van der Waals surface area contributed by atoms with Crippen molar-refractivity contribution in [1.29, 1.82) is 0 Å². The summed E-state index contributed by atoms with van der Waals surface area (Å²) >= 11 is 1.61. The maximum Gasteiger partial charge on any atom is 0.338 e. The van der Waals surface area contributed by atoms with Crippen LogP contribution in [0.3, 0.4) is 0 Å². The number of carbonyl (C=O) groups excluding carboxylic acids is 1. The summed E-state index contributed by atoms with van der Waals surface area (Å²) in [7, 11) is 0. The molecule has 0 fully saturated rings. The molecule has 30 heavy (non-hydrogen) atoms. The lowest BCUT2D eigenvalue weighted by atomic mass is 9.95. The van der Waals surface area contributed by atoms with Gasteiger partial charge in [-0.2, -0.15) is 4.98 Å². The van der Waals surface area contributed by atoms with Crippen molar-refractivity contribution in [1.82, 2.24) is 14.8 Å². The minimum atomic E-state index is -0.420. The third-order valence-electron chi connectivity index (χ3n) is 4.50. The highest BCUT2D eigenvalue weighted by atomic mass is 32.2. The van der Waals surface area contributed by atoms with Crippen LogP contribution in [0.2, 0.25) is 0 Å². The normalized spacial score (nSPS) is 15.7. The van der Waals surface area contributed by atoms with Gasteiger partial charge in [-0.1, -0.05) is 37.7 Å². The Morgan fingerprint density at radius 3 is 2.60 bits per heavy atom. The van der Waals surface area contributed by atoms with E-state index >= 15 is 0 Å². The summed E-state index contributed by atoms with van der Waals surface area (Å²) in [4.78, 5) is 17.6. The highest BCUT2D eigenvalue weighted by Gasteiger charge is 2.35. The largest absolute Gasteiger partial charge is 0.494 e. The van der Waals surface area contributed by atoms with E-state index in [1.165, 1.54) is 0 Å². The lowest BCUT2D eigenvalue weighted by Crippen LogP contribution is -2.30. The summed E-state index contributed by atoms with van der Waals surface area (Å²) in [5, 5.41) is 8.62. The smallest absolute Gasteiger partial charge is 0.338 e. The quantitative estimate of drug-likeness (QED) is 0.452. The minimum absolute atomic E-state index is 0.212. The van der Waals surface area contributed by atoms with Crippen LogP contribution >= 0.6 is 11.8 Å². The van der Waals surface area contributed by atoms with Gasteiger partial charge in [0.2, 0.25) is 11.1 Å². The van der Waals surface area contributed by atoms with E-state index in [-0.39, 0.29) is 12.1 Å². The Kier molecular flexibility index (Phi) is 7.42. The van der Waals surface area contributed by atoms with Crippen molar-refractivity contribution in [3.63, 3.8) is 0 Å². The molecule has 0 amide bonds. The van der Waals surface area contributed by atoms with Crippen LogP contribution in [0.5, 0.6) is 5.75 Å². The molecule has 1 unspecified atom stereocenters. The van der Waals surface area contributed by atoms with E-state index < -0.39 is 6.04 Å². The number of benzene rings is 1. The van der Waals surface area contributed by atoms with Crippen LogP contribution in [0.15, 0.2) is 40.7 Å². The third kappa shape index (κ3) is 4.98. The molecule has 1 aliphatic heterocycles. The molecule has 0 saturated heterocycles. The molecular formula is C22H30N4O3S. The highest BCUT2D eigenvalue weighted by Crippen LogP contribution is 2.37. The number of fused-ring (bicyclic) bond motifs is 1. The Bertz CT molecular complexity index is 906. The highest BCUT2D eigenvalue weighted by molar-refractivity contribution is 7.99. The Morgan fingerprint density at radius 1 is 1.23 bits per heavy atom. The molecule has 7 nitrogen and oxygen atoms in total. The summed E-state index contributed by atoms with van der Waals surface area (Å²) in [5.74, 6) is 2.02. The van der Waals surface area contributed by atoms with E-state index in [9.17, 15) is 4.79 Å². The van der Waals surface area contributed by atoms with Crippen LogP contribution in [0, 0.1) is 0 Å². The van der Waals surface area contributed by atoms with Crippen LogP contribution < -0.4 is 10.1 Å². The minimum Gasteiger partial charge on any atom is -0.494 e. The second-order valence-corrected chi connectivity index (χ2v) is 8.51. The first-order valence-corrected chi connectivity index (χ1v) is 11.4. The van der Waals surface area contributed by atoms with Gasteiger partial charge in [0.05, 0.1) is 18.3 Å². The fourth-order valence-electron chi connectivity index (χ4n) is 3.20. The molecule has 1 aromatic carbocycles. The molecular weight excluding hydrogens is 400 g/mol. The summed E-state index contributed by atoms with van der Waals surface area (Å²) in [5.41, 5.74) is 2.19. The van der Waals surface area contributed by atoms with Crippen molar-refractivity contribution >= 4 is 23.7 Å². The fraction of sp³-hybridized carbons (Fsp3) is 0.500. The van der Waals surface area contributed by atoms with E-state index in [0.29, 0.717) is 23.3 Å². The fourth-order valence-corrected chi connectivity index (χ4v) is 3.89. The van der Waals surface area contributed by atoms with Crippen molar-refractivity contribution in [2.45, 2.75) is 64.8 Å².